The van der Waals surface area contributed by atoms with Gasteiger partial charge in [-0.05, 0) is 18.2 Å². The summed E-state index contributed by atoms with van der Waals surface area (Å²) >= 11 is 5.54. The Labute approximate surface area is 79.4 Å². The Bertz CT molecular complexity index is 384. The van der Waals surface area contributed by atoms with Gasteiger partial charge in [-0.2, -0.15) is 5.26 Å². The van der Waals surface area contributed by atoms with Gasteiger partial charge in [-0.3, -0.25) is 10.1 Å². The van der Waals surface area contributed by atoms with E-state index >= 15 is 0 Å². The predicted molar refractivity (Wildman–Crippen MR) is 46.2 cm³/mol. The Morgan fingerprint density at radius 2 is 2.31 bits per heavy atom. The summed E-state index contributed by atoms with van der Waals surface area (Å²) in [7, 11) is 0. The molecule has 2 N–H and O–H groups in total. The molecule has 0 bridgehead atoms. The molecule has 0 aliphatic carbocycles. The van der Waals surface area contributed by atoms with Crippen LogP contribution in [0.15, 0.2) is 18.2 Å². The minimum atomic E-state index is -0.656. The summed E-state index contributed by atoms with van der Waals surface area (Å²) in [5.74, 6) is -0.906. The Kier molecular flexibility index (Phi) is 2.72. The Hall–Kier alpha value is -1.73. The number of nitrogens with zero attached hydrogens (tertiary/aromatic N) is 1. The van der Waals surface area contributed by atoms with Gasteiger partial charge < -0.3 is 5.11 Å². The molecule has 1 rings (SSSR count). The van der Waals surface area contributed by atoms with E-state index in [1.54, 1.807) is 0 Å². The standard InChI is InChI=1S/C8H5ClN2O2/c9-5-1-2-6(7(12)3-5)8(13)11-4-10/h1-3,12H,(H,11,13). The number of hydrogen-bond acceptors (Lipinski definition) is 3. The Balaban J connectivity index is 3.03. The van der Waals surface area contributed by atoms with E-state index in [4.69, 9.17) is 16.9 Å². The van der Waals surface area contributed by atoms with Gasteiger partial charge in [-0.15, -0.1) is 0 Å². The maximum absolute atomic E-state index is 11.0. The lowest BCUT2D eigenvalue weighted by Gasteiger charge is -2.00. The molecule has 0 saturated heterocycles. The molecule has 0 atom stereocenters. The highest BCUT2D eigenvalue weighted by Crippen LogP contribution is 2.21. The molecule has 66 valence electrons. The number of hydrogen-bond donors (Lipinski definition) is 2. The normalized spacial score (nSPS) is 8.92. The van der Waals surface area contributed by atoms with E-state index in [0.717, 1.165) is 0 Å². The number of nitrogens with one attached hydrogen (secondary N) is 1. The van der Waals surface area contributed by atoms with E-state index in [-0.39, 0.29) is 11.3 Å². The van der Waals surface area contributed by atoms with E-state index in [9.17, 15) is 9.90 Å². The number of halogens is 1. The van der Waals surface area contributed by atoms with E-state index < -0.39 is 5.91 Å². The molecule has 0 aromatic heterocycles. The lowest BCUT2D eigenvalue weighted by atomic mass is 10.2. The molecule has 0 spiro atoms. The fraction of sp³-hybridized carbons (Fsp3) is 0. The highest BCUT2D eigenvalue weighted by molar-refractivity contribution is 6.30. The van der Waals surface area contributed by atoms with Gasteiger partial charge in [0.05, 0.1) is 5.56 Å². The van der Waals surface area contributed by atoms with Crippen molar-refractivity contribution in [3.05, 3.63) is 28.8 Å². The third kappa shape index (κ3) is 2.10. The van der Waals surface area contributed by atoms with E-state index in [2.05, 4.69) is 0 Å². The fourth-order valence-corrected chi connectivity index (χ4v) is 0.981. The van der Waals surface area contributed by atoms with Crippen LogP contribution in [0, 0.1) is 11.5 Å². The van der Waals surface area contributed by atoms with Crippen LogP contribution < -0.4 is 5.32 Å². The monoisotopic (exact) mass is 196 g/mol. The average molecular weight is 197 g/mol. The number of nitriles is 1. The van der Waals surface area contributed by atoms with Crippen LogP contribution in [0.5, 0.6) is 5.75 Å². The van der Waals surface area contributed by atoms with Gasteiger partial charge in [0.25, 0.3) is 5.91 Å². The molecule has 1 aromatic carbocycles. The lowest BCUT2D eigenvalue weighted by Crippen LogP contribution is -2.17. The van der Waals surface area contributed by atoms with E-state index in [1.807, 2.05) is 5.32 Å². The minimum Gasteiger partial charge on any atom is -0.507 e. The van der Waals surface area contributed by atoms with Gasteiger partial charge in [0.2, 0.25) is 0 Å². The van der Waals surface area contributed by atoms with Crippen molar-refractivity contribution in [1.29, 1.82) is 5.26 Å². The molecule has 0 aliphatic rings. The van der Waals surface area contributed by atoms with Gasteiger partial charge in [0.1, 0.15) is 5.75 Å². The average Bonchev–Trinajstić information content (AvgIpc) is 2.04. The molecule has 5 heteroatoms. The second-order valence-electron chi connectivity index (χ2n) is 2.23. The van der Waals surface area contributed by atoms with Gasteiger partial charge in [0.15, 0.2) is 6.19 Å². The molecule has 0 aliphatic heterocycles. The summed E-state index contributed by atoms with van der Waals surface area (Å²) in [4.78, 5) is 11.0. The van der Waals surface area contributed by atoms with Crippen molar-refractivity contribution < 1.29 is 9.90 Å². The SMILES string of the molecule is N#CNC(=O)c1ccc(Cl)cc1O. The topological polar surface area (TPSA) is 73.1 Å². The number of carbonyl (C=O) groups is 1. The number of rotatable bonds is 1. The van der Waals surface area contributed by atoms with Crippen LogP contribution in [0.1, 0.15) is 10.4 Å². The molecule has 0 saturated carbocycles. The van der Waals surface area contributed by atoms with Crippen molar-refractivity contribution in [2.24, 2.45) is 0 Å². The number of phenols is 1. The van der Waals surface area contributed by atoms with Crippen LogP contribution in [0.25, 0.3) is 0 Å². The summed E-state index contributed by atoms with van der Waals surface area (Å²) < 4.78 is 0. The van der Waals surface area contributed by atoms with Gasteiger partial charge in [-0.25, -0.2) is 0 Å². The first-order chi connectivity index (χ1) is 6.15. The van der Waals surface area contributed by atoms with Gasteiger partial charge in [-0.1, -0.05) is 11.6 Å². The highest BCUT2D eigenvalue weighted by Gasteiger charge is 2.09. The van der Waals surface area contributed by atoms with E-state index in [1.165, 1.54) is 24.4 Å². The van der Waals surface area contributed by atoms with Gasteiger partial charge in [0, 0.05) is 5.02 Å². The van der Waals surface area contributed by atoms with Crippen molar-refractivity contribution in [1.82, 2.24) is 5.32 Å². The molecule has 0 radical (unpaired) electrons. The highest BCUT2D eigenvalue weighted by atomic mass is 35.5. The maximum Gasteiger partial charge on any atom is 0.268 e. The second-order valence-corrected chi connectivity index (χ2v) is 2.66. The van der Waals surface area contributed by atoms with Crippen LogP contribution in [-0.2, 0) is 0 Å². The van der Waals surface area contributed by atoms with Crippen molar-refractivity contribution in [3.63, 3.8) is 0 Å². The quantitative estimate of drug-likeness (QED) is 0.525. The molecule has 0 heterocycles. The molecular formula is C8H5ClN2O2. The first kappa shape index (κ1) is 9.36. The number of amides is 1. The largest absolute Gasteiger partial charge is 0.507 e. The zero-order valence-corrected chi connectivity index (χ0v) is 7.17. The minimum absolute atomic E-state index is 0.0194. The predicted octanol–water partition coefficient (Wildman–Crippen LogP) is 1.26. The van der Waals surface area contributed by atoms with Crippen LogP contribution in [0.2, 0.25) is 5.02 Å². The van der Waals surface area contributed by atoms with Crippen LogP contribution in [0.3, 0.4) is 0 Å². The van der Waals surface area contributed by atoms with Crippen LogP contribution in [-0.4, -0.2) is 11.0 Å². The van der Waals surface area contributed by atoms with Gasteiger partial charge >= 0.3 is 0 Å². The summed E-state index contributed by atoms with van der Waals surface area (Å²) in [6, 6.07) is 4.02. The molecule has 0 fully saturated rings. The number of aromatic hydroxyl groups is 1. The van der Waals surface area contributed by atoms with E-state index in [0.29, 0.717) is 5.02 Å². The summed E-state index contributed by atoms with van der Waals surface area (Å²) in [5, 5.41) is 19.6. The Morgan fingerprint density at radius 1 is 1.62 bits per heavy atom. The molecule has 0 unspecified atom stereocenters. The molecule has 1 amide bonds. The zero-order chi connectivity index (χ0) is 9.84. The summed E-state index contributed by atoms with van der Waals surface area (Å²) in [5.41, 5.74) is 0.0194. The van der Waals surface area contributed by atoms with Crippen molar-refractivity contribution in [3.8, 4) is 11.9 Å². The van der Waals surface area contributed by atoms with Crippen molar-refractivity contribution in [2.75, 3.05) is 0 Å². The molecule has 13 heavy (non-hydrogen) atoms. The molecular weight excluding hydrogens is 192 g/mol. The lowest BCUT2D eigenvalue weighted by molar-refractivity contribution is 0.0970. The third-order valence-electron chi connectivity index (χ3n) is 1.37. The first-order valence-electron chi connectivity index (χ1n) is 3.33. The number of benzene rings is 1. The maximum atomic E-state index is 11.0. The number of carbonyl (C=O) groups excluding carboxylic acids is 1. The second kappa shape index (κ2) is 3.78. The zero-order valence-electron chi connectivity index (χ0n) is 6.41. The first-order valence-corrected chi connectivity index (χ1v) is 3.71. The summed E-state index contributed by atoms with van der Waals surface area (Å²) in [6.07, 6.45) is 1.46. The molecule has 1 aromatic rings. The Morgan fingerprint density at radius 3 is 2.85 bits per heavy atom. The van der Waals surface area contributed by atoms with Crippen molar-refractivity contribution in [2.45, 2.75) is 0 Å². The van der Waals surface area contributed by atoms with Crippen LogP contribution >= 0.6 is 11.6 Å². The number of phenolic OH excluding ortho intramolecular Hbond substituents is 1. The smallest absolute Gasteiger partial charge is 0.268 e. The molecule has 4 nitrogen and oxygen atoms in total. The van der Waals surface area contributed by atoms with Crippen LogP contribution in [0.4, 0.5) is 0 Å². The fourth-order valence-electron chi connectivity index (χ4n) is 0.815. The van der Waals surface area contributed by atoms with Crippen molar-refractivity contribution >= 4 is 17.5 Å². The third-order valence-corrected chi connectivity index (χ3v) is 1.61. The summed E-state index contributed by atoms with van der Waals surface area (Å²) in [6.45, 7) is 0.